The number of carbonyl (C=O) groups is 1. The van der Waals surface area contributed by atoms with Crippen molar-refractivity contribution in [1.82, 2.24) is 4.98 Å². The average molecular weight is 451 g/mol. The average Bonchev–Trinajstić information content (AvgIpc) is 3.41. The van der Waals surface area contributed by atoms with E-state index in [9.17, 15) is 18.0 Å². The lowest BCUT2D eigenvalue weighted by Crippen LogP contribution is -2.44. The minimum atomic E-state index is -0.743. The maximum Gasteiger partial charge on any atom is 0.359 e. The number of nitrogen functional groups attached to an aromatic ring is 1. The van der Waals surface area contributed by atoms with Gasteiger partial charge >= 0.3 is 11.7 Å². The maximum absolute atomic E-state index is 14.7. The van der Waals surface area contributed by atoms with Gasteiger partial charge in [0.2, 0.25) is 6.04 Å². The van der Waals surface area contributed by atoms with Crippen LogP contribution in [-0.2, 0) is 12.8 Å². The van der Waals surface area contributed by atoms with E-state index in [1.807, 2.05) is 0 Å². The molecule has 166 valence electrons. The summed E-state index contributed by atoms with van der Waals surface area (Å²) in [5.74, 6) is -1.64. The summed E-state index contributed by atoms with van der Waals surface area (Å²) in [5, 5.41) is 3.08. The van der Waals surface area contributed by atoms with E-state index in [4.69, 9.17) is 10.2 Å². The third-order valence-corrected chi connectivity index (χ3v) is 5.56. The number of benzene rings is 2. The summed E-state index contributed by atoms with van der Waals surface area (Å²) in [7, 11) is 0. The van der Waals surface area contributed by atoms with Crippen molar-refractivity contribution < 1.29 is 27.0 Å². The zero-order valence-electron chi connectivity index (χ0n) is 17.2. The molecule has 4 aromatic rings. The molecule has 0 fully saturated rings. The van der Waals surface area contributed by atoms with Crippen molar-refractivity contribution in [3.63, 3.8) is 0 Å². The summed E-state index contributed by atoms with van der Waals surface area (Å²) in [6.07, 6.45) is 2.90. The molecular formula is C24H18F3N4O2+. The normalized spacial score (nSPS) is 14.9. The highest BCUT2D eigenvalue weighted by atomic mass is 19.1. The van der Waals surface area contributed by atoms with E-state index in [1.54, 1.807) is 18.2 Å². The molecule has 1 unspecified atom stereocenters. The van der Waals surface area contributed by atoms with Crippen LogP contribution in [0.3, 0.4) is 0 Å². The summed E-state index contributed by atoms with van der Waals surface area (Å²) < 4.78 is 50.2. The van der Waals surface area contributed by atoms with Crippen LogP contribution in [0, 0.1) is 17.5 Å². The van der Waals surface area contributed by atoms with Crippen LogP contribution in [0.25, 0.3) is 11.3 Å². The molecule has 6 nitrogen and oxygen atoms in total. The first-order valence-electron chi connectivity index (χ1n) is 10.2. The fourth-order valence-electron chi connectivity index (χ4n) is 3.91. The Kier molecular flexibility index (Phi) is 5.08. The quantitative estimate of drug-likeness (QED) is 0.355. The summed E-state index contributed by atoms with van der Waals surface area (Å²) >= 11 is 0. The molecule has 0 saturated carbocycles. The minimum Gasteiger partial charge on any atom is -0.469 e. The lowest BCUT2D eigenvalue weighted by molar-refractivity contribution is -0.552. The Morgan fingerprint density at radius 1 is 1.06 bits per heavy atom. The van der Waals surface area contributed by atoms with Gasteiger partial charge in [0, 0.05) is 17.5 Å². The second kappa shape index (κ2) is 8.09. The van der Waals surface area contributed by atoms with Gasteiger partial charge in [0.05, 0.1) is 18.4 Å². The van der Waals surface area contributed by atoms with E-state index >= 15 is 0 Å². The molecule has 1 aliphatic heterocycles. The highest BCUT2D eigenvalue weighted by Gasteiger charge is 2.42. The van der Waals surface area contributed by atoms with Crippen LogP contribution in [0.4, 0.5) is 24.7 Å². The molecule has 9 heteroatoms. The second-order valence-corrected chi connectivity index (χ2v) is 7.70. The Morgan fingerprint density at radius 2 is 1.82 bits per heavy atom. The van der Waals surface area contributed by atoms with Gasteiger partial charge in [-0.3, -0.25) is 5.32 Å². The fraction of sp³-hybridized carbons (Fsp3) is 0.125. The molecule has 0 spiro atoms. The smallest absolute Gasteiger partial charge is 0.359 e. The van der Waals surface area contributed by atoms with Gasteiger partial charge in [-0.1, -0.05) is 12.1 Å². The Hall–Kier alpha value is -4.14. The van der Waals surface area contributed by atoms with Crippen molar-refractivity contribution in [2.45, 2.75) is 18.9 Å². The van der Waals surface area contributed by atoms with E-state index in [1.165, 1.54) is 35.2 Å². The molecule has 3 heterocycles. The second-order valence-electron chi connectivity index (χ2n) is 7.70. The number of nitrogens with zero attached hydrogens (tertiary/aromatic N) is 2. The molecule has 5 rings (SSSR count). The predicted molar refractivity (Wildman–Crippen MR) is 114 cm³/mol. The number of nitrogens with two attached hydrogens (primary N) is 1. The van der Waals surface area contributed by atoms with Crippen molar-refractivity contribution in [3.05, 3.63) is 95.5 Å². The minimum absolute atomic E-state index is 0.0721. The van der Waals surface area contributed by atoms with Crippen molar-refractivity contribution in [3.8, 4) is 11.3 Å². The monoisotopic (exact) mass is 451 g/mol. The van der Waals surface area contributed by atoms with Crippen LogP contribution >= 0.6 is 0 Å². The van der Waals surface area contributed by atoms with E-state index < -0.39 is 23.5 Å². The van der Waals surface area contributed by atoms with Gasteiger partial charge in [-0.05, 0) is 36.4 Å². The number of hydrogen-bond donors (Lipinski definition) is 2. The predicted octanol–water partition coefficient (Wildman–Crippen LogP) is 3.90. The molecule has 2 aromatic carbocycles. The van der Waals surface area contributed by atoms with Crippen LogP contribution in [0.2, 0.25) is 0 Å². The number of hydrogen-bond acceptors (Lipinski definition) is 5. The zero-order valence-corrected chi connectivity index (χ0v) is 17.2. The molecule has 0 saturated heterocycles. The van der Waals surface area contributed by atoms with Crippen LogP contribution in [0.1, 0.15) is 21.8 Å². The molecule has 1 atom stereocenters. The summed E-state index contributed by atoms with van der Waals surface area (Å²) in [6.45, 7) is 0. The van der Waals surface area contributed by atoms with Gasteiger partial charge < -0.3 is 10.2 Å². The molecule has 0 bridgehead atoms. The number of halogens is 3. The standard InChI is InChI=1S/C24H17F3N4O2/c25-16-6-2-7-17(26)15(16)11-19-23-30-20(10-13-4-3-9-33-13)24(32)31(23)12-21(29-19)14-5-1-8-18(28)22(14)27/h1-9,12,20H,10-11,28H2/p+1. The third-order valence-electron chi connectivity index (χ3n) is 5.56. The van der Waals surface area contributed by atoms with Crippen molar-refractivity contribution in [1.29, 1.82) is 0 Å². The highest BCUT2D eigenvalue weighted by molar-refractivity contribution is 5.82. The molecule has 0 radical (unpaired) electrons. The lowest BCUT2D eigenvalue weighted by atomic mass is 10.1. The van der Waals surface area contributed by atoms with Gasteiger partial charge in [-0.2, -0.15) is 4.57 Å². The highest BCUT2D eigenvalue weighted by Crippen LogP contribution is 2.29. The largest absolute Gasteiger partial charge is 0.469 e. The Morgan fingerprint density at radius 3 is 2.55 bits per heavy atom. The van der Waals surface area contributed by atoms with E-state index in [0.717, 1.165) is 12.1 Å². The molecule has 33 heavy (non-hydrogen) atoms. The number of fused-ring (bicyclic) bond motifs is 1. The molecule has 1 aliphatic rings. The molecule has 2 aromatic heterocycles. The fourth-order valence-corrected chi connectivity index (χ4v) is 3.91. The van der Waals surface area contributed by atoms with Crippen molar-refractivity contribution in [2.75, 3.05) is 11.1 Å². The summed E-state index contributed by atoms with van der Waals surface area (Å²) in [5.41, 5.74) is 5.79. The molecular weight excluding hydrogens is 433 g/mol. The van der Waals surface area contributed by atoms with Gasteiger partial charge in [0.1, 0.15) is 35.0 Å². The number of rotatable bonds is 5. The molecule has 0 amide bonds. The summed E-state index contributed by atoms with van der Waals surface area (Å²) in [6, 6.07) is 10.8. The first-order chi connectivity index (χ1) is 15.9. The van der Waals surface area contributed by atoms with Crippen LogP contribution in [0.5, 0.6) is 0 Å². The van der Waals surface area contributed by atoms with E-state index in [-0.39, 0.29) is 52.8 Å². The molecule has 0 aliphatic carbocycles. The van der Waals surface area contributed by atoms with Gasteiger partial charge in [-0.25, -0.2) is 22.9 Å². The Bertz CT molecular complexity index is 1350. The number of anilines is 2. The number of nitrogens with one attached hydrogen (secondary N) is 1. The molecule has 3 N–H and O–H groups in total. The third kappa shape index (κ3) is 3.71. The van der Waals surface area contributed by atoms with Crippen molar-refractivity contribution in [2.24, 2.45) is 0 Å². The van der Waals surface area contributed by atoms with Crippen LogP contribution in [0.15, 0.2) is 65.4 Å². The number of carbonyl (C=O) groups excluding carboxylic acids is 1. The lowest BCUT2D eigenvalue weighted by Gasteiger charge is -2.09. The van der Waals surface area contributed by atoms with E-state index in [2.05, 4.69) is 10.3 Å². The topological polar surface area (TPSA) is 85.0 Å². The SMILES string of the molecule is Nc1cccc(-c2c[n+]3c(c(Cc4c(F)cccc4F)n2)NC(Cc2ccco2)C3=O)c1F. The van der Waals surface area contributed by atoms with Crippen LogP contribution < -0.4 is 15.6 Å². The Labute approximate surface area is 186 Å². The van der Waals surface area contributed by atoms with E-state index in [0.29, 0.717) is 5.76 Å². The summed E-state index contributed by atoms with van der Waals surface area (Å²) in [4.78, 5) is 17.6. The first-order valence-corrected chi connectivity index (χ1v) is 10.2. The maximum atomic E-state index is 14.7. The number of aromatic nitrogens is 2. The van der Waals surface area contributed by atoms with Gasteiger partial charge in [-0.15, -0.1) is 0 Å². The Balaban J connectivity index is 1.63. The van der Waals surface area contributed by atoms with Crippen LogP contribution in [-0.4, -0.2) is 16.9 Å². The van der Waals surface area contributed by atoms with Crippen molar-refractivity contribution >= 4 is 17.4 Å². The van der Waals surface area contributed by atoms with Gasteiger partial charge in [0.15, 0.2) is 5.82 Å². The zero-order chi connectivity index (χ0) is 23.1. The number of furan rings is 1. The first kappa shape index (κ1) is 20.7. The van der Waals surface area contributed by atoms with Gasteiger partial charge in [0.25, 0.3) is 0 Å².